The summed E-state index contributed by atoms with van der Waals surface area (Å²) in [7, 11) is 1.39. The van der Waals surface area contributed by atoms with Crippen LogP contribution in [0.2, 0.25) is 0 Å². The van der Waals surface area contributed by atoms with Gasteiger partial charge in [-0.25, -0.2) is 4.79 Å². The molecule has 2 nitrogen and oxygen atoms in total. The van der Waals surface area contributed by atoms with Gasteiger partial charge < -0.3 is 4.74 Å². The van der Waals surface area contributed by atoms with E-state index >= 15 is 0 Å². The third kappa shape index (κ3) is 4.04. The van der Waals surface area contributed by atoms with Gasteiger partial charge in [-0.2, -0.15) is 0 Å². The van der Waals surface area contributed by atoms with Gasteiger partial charge >= 0.3 is 5.97 Å². The SMILES string of the molecule is COC(=O)/C(C)=C/c1ccc(-c2ccc(-c3ccccc3)cc2)cc1. The summed E-state index contributed by atoms with van der Waals surface area (Å²) in [5, 5.41) is 0. The zero-order valence-corrected chi connectivity index (χ0v) is 14.4. The largest absolute Gasteiger partial charge is 0.466 e. The van der Waals surface area contributed by atoms with E-state index < -0.39 is 0 Å². The number of carbonyl (C=O) groups excluding carboxylic acids is 1. The number of hydrogen-bond donors (Lipinski definition) is 0. The number of methoxy groups -OCH3 is 1. The first kappa shape index (κ1) is 16.7. The van der Waals surface area contributed by atoms with Crippen LogP contribution in [0.1, 0.15) is 12.5 Å². The smallest absolute Gasteiger partial charge is 0.333 e. The van der Waals surface area contributed by atoms with Crippen molar-refractivity contribution in [3.05, 3.63) is 90.0 Å². The van der Waals surface area contributed by atoms with Crippen LogP contribution in [0.3, 0.4) is 0 Å². The van der Waals surface area contributed by atoms with Crippen LogP contribution in [0.15, 0.2) is 84.4 Å². The average Bonchev–Trinajstić information content (AvgIpc) is 2.68. The number of esters is 1. The minimum Gasteiger partial charge on any atom is -0.466 e. The minimum absolute atomic E-state index is 0.305. The summed E-state index contributed by atoms with van der Waals surface area (Å²) in [6.07, 6.45) is 1.83. The van der Waals surface area contributed by atoms with Crippen LogP contribution in [0.4, 0.5) is 0 Å². The standard InChI is InChI=1S/C23H20O2/c1-17(23(24)25-2)16-18-8-10-20(11-9-18)22-14-12-21(13-15-22)19-6-4-3-5-7-19/h3-16H,1-2H3/b17-16+. The summed E-state index contributed by atoms with van der Waals surface area (Å²) in [5.41, 5.74) is 6.30. The Morgan fingerprint density at radius 3 is 1.64 bits per heavy atom. The summed E-state index contributed by atoms with van der Waals surface area (Å²) < 4.78 is 4.72. The van der Waals surface area contributed by atoms with E-state index in [2.05, 4.69) is 48.5 Å². The maximum Gasteiger partial charge on any atom is 0.333 e. The Balaban J connectivity index is 1.80. The highest BCUT2D eigenvalue weighted by Crippen LogP contribution is 2.25. The molecule has 3 aromatic carbocycles. The Hall–Kier alpha value is -3.13. The molecular formula is C23H20O2. The van der Waals surface area contributed by atoms with Crippen molar-refractivity contribution in [3.8, 4) is 22.3 Å². The second-order valence-corrected chi connectivity index (χ2v) is 5.88. The molecule has 3 aromatic rings. The van der Waals surface area contributed by atoms with Crippen LogP contribution in [0, 0.1) is 0 Å². The number of benzene rings is 3. The predicted molar refractivity (Wildman–Crippen MR) is 103 cm³/mol. The average molecular weight is 328 g/mol. The summed E-state index contributed by atoms with van der Waals surface area (Å²) in [6.45, 7) is 1.75. The van der Waals surface area contributed by atoms with Crippen LogP contribution in [-0.2, 0) is 9.53 Å². The fraction of sp³-hybridized carbons (Fsp3) is 0.0870. The highest BCUT2D eigenvalue weighted by molar-refractivity contribution is 5.93. The molecule has 0 amide bonds. The number of hydrogen-bond acceptors (Lipinski definition) is 2. The van der Waals surface area contributed by atoms with Crippen molar-refractivity contribution in [1.82, 2.24) is 0 Å². The lowest BCUT2D eigenvalue weighted by Crippen LogP contribution is -2.00. The Morgan fingerprint density at radius 2 is 1.16 bits per heavy atom. The lowest BCUT2D eigenvalue weighted by Gasteiger charge is -2.06. The van der Waals surface area contributed by atoms with Gasteiger partial charge in [-0.3, -0.25) is 0 Å². The lowest BCUT2D eigenvalue weighted by atomic mass is 9.99. The highest BCUT2D eigenvalue weighted by atomic mass is 16.5. The molecule has 0 saturated carbocycles. The molecule has 0 aliphatic carbocycles. The first-order valence-corrected chi connectivity index (χ1v) is 8.20. The first-order valence-electron chi connectivity index (χ1n) is 8.20. The molecule has 25 heavy (non-hydrogen) atoms. The maximum atomic E-state index is 11.5. The number of ether oxygens (including phenoxy) is 1. The van der Waals surface area contributed by atoms with Crippen molar-refractivity contribution < 1.29 is 9.53 Å². The Bertz CT molecular complexity index is 874. The Morgan fingerprint density at radius 1 is 0.720 bits per heavy atom. The van der Waals surface area contributed by atoms with Crippen LogP contribution >= 0.6 is 0 Å². The van der Waals surface area contributed by atoms with E-state index in [1.54, 1.807) is 6.92 Å². The van der Waals surface area contributed by atoms with Gasteiger partial charge in [0, 0.05) is 5.57 Å². The van der Waals surface area contributed by atoms with Gasteiger partial charge in [-0.1, -0.05) is 78.9 Å². The van der Waals surface area contributed by atoms with E-state index in [4.69, 9.17) is 4.74 Å². The van der Waals surface area contributed by atoms with Crippen molar-refractivity contribution in [2.24, 2.45) is 0 Å². The quantitative estimate of drug-likeness (QED) is 0.460. The van der Waals surface area contributed by atoms with E-state index in [-0.39, 0.29) is 5.97 Å². The molecule has 0 saturated heterocycles. The van der Waals surface area contributed by atoms with Gasteiger partial charge in [0.2, 0.25) is 0 Å². The molecule has 0 heterocycles. The summed E-state index contributed by atoms with van der Waals surface area (Å²) in [4.78, 5) is 11.5. The molecule has 0 aromatic heterocycles. The van der Waals surface area contributed by atoms with Crippen molar-refractivity contribution >= 4 is 12.0 Å². The number of carbonyl (C=O) groups is 1. The Kier molecular flexibility index (Phi) is 5.10. The van der Waals surface area contributed by atoms with Crippen LogP contribution < -0.4 is 0 Å². The molecule has 0 aliphatic rings. The van der Waals surface area contributed by atoms with Gasteiger partial charge in [0.1, 0.15) is 0 Å². The summed E-state index contributed by atoms with van der Waals surface area (Å²) in [5.74, 6) is -0.305. The van der Waals surface area contributed by atoms with Crippen LogP contribution in [0.5, 0.6) is 0 Å². The van der Waals surface area contributed by atoms with E-state index in [0.29, 0.717) is 5.57 Å². The summed E-state index contributed by atoms with van der Waals surface area (Å²) in [6, 6.07) is 27.0. The normalized spacial score (nSPS) is 11.2. The Labute approximate surface area is 148 Å². The van der Waals surface area contributed by atoms with Gasteiger partial charge in [0.25, 0.3) is 0 Å². The molecule has 2 heteroatoms. The molecular weight excluding hydrogens is 308 g/mol. The van der Waals surface area contributed by atoms with Crippen molar-refractivity contribution in [3.63, 3.8) is 0 Å². The molecule has 0 bridgehead atoms. The van der Waals surface area contributed by atoms with E-state index in [9.17, 15) is 4.79 Å². The van der Waals surface area contributed by atoms with Gasteiger partial charge in [0.05, 0.1) is 7.11 Å². The molecule has 0 fully saturated rings. The zero-order valence-electron chi connectivity index (χ0n) is 14.4. The zero-order chi connectivity index (χ0) is 17.6. The van der Waals surface area contributed by atoms with Crippen LogP contribution in [-0.4, -0.2) is 13.1 Å². The molecule has 3 rings (SSSR count). The molecule has 0 N–H and O–H groups in total. The third-order valence-electron chi connectivity index (χ3n) is 4.13. The molecule has 0 unspecified atom stereocenters. The minimum atomic E-state index is -0.305. The topological polar surface area (TPSA) is 26.3 Å². The third-order valence-corrected chi connectivity index (χ3v) is 4.13. The predicted octanol–water partition coefficient (Wildman–Crippen LogP) is 5.60. The highest BCUT2D eigenvalue weighted by Gasteiger charge is 2.04. The van der Waals surface area contributed by atoms with Crippen molar-refractivity contribution in [2.75, 3.05) is 7.11 Å². The molecule has 0 aliphatic heterocycles. The van der Waals surface area contributed by atoms with E-state index in [1.807, 2.05) is 36.4 Å². The summed E-state index contributed by atoms with van der Waals surface area (Å²) >= 11 is 0. The van der Waals surface area contributed by atoms with Crippen molar-refractivity contribution in [1.29, 1.82) is 0 Å². The van der Waals surface area contributed by atoms with Gasteiger partial charge in [-0.15, -0.1) is 0 Å². The van der Waals surface area contributed by atoms with Gasteiger partial charge in [0.15, 0.2) is 0 Å². The molecule has 0 radical (unpaired) electrons. The van der Waals surface area contributed by atoms with Crippen molar-refractivity contribution in [2.45, 2.75) is 6.92 Å². The monoisotopic (exact) mass is 328 g/mol. The van der Waals surface area contributed by atoms with E-state index in [1.165, 1.54) is 23.8 Å². The first-order chi connectivity index (χ1) is 12.2. The fourth-order valence-electron chi connectivity index (χ4n) is 2.73. The van der Waals surface area contributed by atoms with Crippen LogP contribution in [0.25, 0.3) is 28.3 Å². The lowest BCUT2D eigenvalue weighted by molar-refractivity contribution is -0.135. The molecule has 124 valence electrons. The molecule has 0 spiro atoms. The molecule has 0 atom stereocenters. The fourth-order valence-corrected chi connectivity index (χ4v) is 2.73. The van der Waals surface area contributed by atoms with Gasteiger partial charge in [-0.05, 0) is 40.8 Å². The maximum absolute atomic E-state index is 11.5. The number of rotatable bonds is 4. The second-order valence-electron chi connectivity index (χ2n) is 5.88. The second kappa shape index (κ2) is 7.63. The van der Waals surface area contributed by atoms with E-state index in [0.717, 1.165) is 11.1 Å².